The molecule has 0 aromatic heterocycles. The Morgan fingerprint density at radius 3 is 2.81 bits per heavy atom. The van der Waals surface area contributed by atoms with Crippen molar-refractivity contribution in [2.45, 2.75) is 6.04 Å². The summed E-state index contributed by atoms with van der Waals surface area (Å²) in [6.07, 6.45) is 0. The molecule has 0 aliphatic carbocycles. The van der Waals surface area contributed by atoms with Crippen molar-refractivity contribution in [3.05, 3.63) is 24.3 Å². The second kappa shape index (κ2) is 6.45. The third-order valence-electron chi connectivity index (χ3n) is 3.39. The highest BCUT2D eigenvalue weighted by Gasteiger charge is 2.35. The minimum absolute atomic E-state index is 0.000831. The van der Waals surface area contributed by atoms with Crippen LogP contribution in [0.5, 0.6) is 5.75 Å². The van der Waals surface area contributed by atoms with E-state index in [2.05, 4.69) is 0 Å². The monoisotopic (exact) mass is 294 g/mol. The highest BCUT2D eigenvalue weighted by molar-refractivity contribution is 5.95. The maximum atomic E-state index is 12.6. The molecule has 7 nitrogen and oxygen atoms in total. The van der Waals surface area contributed by atoms with Crippen LogP contribution in [0.3, 0.4) is 0 Å². The Hall–Kier alpha value is -2.28. The van der Waals surface area contributed by atoms with Crippen molar-refractivity contribution in [2.24, 2.45) is 0 Å². The summed E-state index contributed by atoms with van der Waals surface area (Å²) in [5.41, 5.74) is 0.584. The molecule has 2 rings (SSSR count). The average molecular weight is 294 g/mol. The molecule has 1 aromatic carbocycles. The fourth-order valence-electron chi connectivity index (χ4n) is 2.24. The normalized spacial score (nSPS) is 18.2. The summed E-state index contributed by atoms with van der Waals surface area (Å²) in [7, 11) is 3.11. The Bertz CT molecular complexity index is 534. The van der Waals surface area contributed by atoms with Gasteiger partial charge in [-0.25, -0.2) is 9.59 Å². The maximum absolute atomic E-state index is 12.6. The fraction of sp³-hybridized carbons (Fsp3) is 0.429. The van der Waals surface area contributed by atoms with Crippen LogP contribution in [0, 0.1) is 0 Å². The smallest absolute Gasteiger partial charge is 0.328 e. The van der Waals surface area contributed by atoms with E-state index in [-0.39, 0.29) is 13.2 Å². The summed E-state index contributed by atoms with van der Waals surface area (Å²) in [5, 5.41) is 9.19. The number of carboxylic acids is 1. The Morgan fingerprint density at radius 1 is 1.43 bits per heavy atom. The SMILES string of the molecule is COc1ccccc1N(C)C(=O)N1CCOCC1C(=O)O. The van der Waals surface area contributed by atoms with Crippen molar-refractivity contribution in [1.29, 1.82) is 0 Å². The first kappa shape index (κ1) is 15.1. The molecule has 21 heavy (non-hydrogen) atoms. The zero-order valence-electron chi connectivity index (χ0n) is 12.0. The predicted molar refractivity (Wildman–Crippen MR) is 75.7 cm³/mol. The molecular formula is C14H18N2O5. The molecule has 1 atom stereocenters. The van der Waals surface area contributed by atoms with Crippen LogP contribution < -0.4 is 9.64 Å². The number of rotatable bonds is 3. The van der Waals surface area contributed by atoms with Crippen molar-refractivity contribution < 1.29 is 24.2 Å². The van der Waals surface area contributed by atoms with Crippen LogP contribution in [-0.4, -0.2) is 62.0 Å². The Morgan fingerprint density at radius 2 is 2.14 bits per heavy atom. The standard InChI is InChI=1S/C14H18N2O5/c1-15(10-5-3-4-6-12(10)20-2)14(19)16-7-8-21-9-11(16)13(17)18/h3-6,11H,7-9H2,1-2H3,(H,17,18). The number of morpholine rings is 1. The summed E-state index contributed by atoms with van der Waals surface area (Å²) in [6, 6.07) is 5.71. The summed E-state index contributed by atoms with van der Waals surface area (Å²) < 4.78 is 10.4. The molecule has 1 aliphatic heterocycles. The van der Waals surface area contributed by atoms with Crippen molar-refractivity contribution in [3.8, 4) is 5.75 Å². The number of carbonyl (C=O) groups excluding carboxylic acids is 1. The first-order valence-corrected chi connectivity index (χ1v) is 6.54. The number of anilines is 1. The van der Waals surface area contributed by atoms with Gasteiger partial charge in [0.05, 0.1) is 26.0 Å². The molecule has 7 heteroatoms. The number of nitrogens with zero attached hydrogens (tertiary/aromatic N) is 2. The van der Waals surface area contributed by atoms with Crippen molar-refractivity contribution >= 4 is 17.7 Å². The van der Waals surface area contributed by atoms with Crippen molar-refractivity contribution in [3.63, 3.8) is 0 Å². The first-order chi connectivity index (χ1) is 10.1. The van der Waals surface area contributed by atoms with E-state index in [1.54, 1.807) is 31.3 Å². The molecule has 1 fully saturated rings. The first-order valence-electron chi connectivity index (χ1n) is 6.54. The van der Waals surface area contributed by atoms with E-state index in [4.69, 9.17) is 9.47 Å². The molecule has 2 amide bonds. The van der Waals surface area contributed by atoms with Gasteiger partial charge in [0.25, 0.3) is 0 Å². The molecule has 1 aromatic rings. The predicted octanol–water partition coefficient (Wildman–Crippen LogP) is 1.04. The number of methoxy groups -OCH3 is 1. The van der Waals surface area contributed by atoms with Gasteiger partial charge in [-0.1, -0.05) is 12.1 Å². The van der Waals surface area contributed by atoms with Gasteiger partial charge in [-0.2, -0.15) is 0 Å². The van der Waals surface area contributed by atoms with Gasteiger partial charge in [-0.05, 0) is 12.1 Å². The van der Waals surface area contributed by atoms with Crippen LogP contribution >= 0.6 is 0 Å². The second-order valence-electron chi connectivity index (χ2n) is 4.64. The van der Waals surface area contributed by atoms with Crippen LogP contribution in [0.25, 0.3) is 0 Å². The lowest BCUT2D eigenvalue weighted by molar-refractivity contribution is -0.147. The van der Waals surface area contributed by atoms with E-state index in [0.29, 0.717) is 18.0 Å². The lowest BCUT2D eigenvalue weighted by atomic mass is 10.2. The van der Waals surface area contributed by atoms with Gasteiger partial charge in [-0.3, -0.25) is 4.90 Å². The van der Waals surface area contributed by atoms with E-state index < -0.39 is 18.0 Å². The maximum Gasteiger partial charge on any atom is 0.328 e. The zero-order valence-corrected chi connectivity index (χ0v) is 12.0. The molecule has 0 bridgehead atoms. The Balaban J connectivity index is 2.23. The van der Waals surface area contributed by atoms with Crippen LogP contribution in [0.1, 0.15) is 0 Å². The zero-order chi connectivity index (χ0) is 15.4. The minimum atomic E-state index is -1.07. The number of aliphatic carboxylic acids is 1. The molecule has 0 saturated carbocycles. The van der Waals surface area contributed by atoms with Gasteiger partial charge in [0, 0.05) is 13.6 Å². The van der Waals surface area contributed by atoms with Gasteiger partial charge in [0.2, 0.25) is 0 Å². The number of ether oxygens (including phenoxy) is 2. The number of hydrogen-bond donors (Lipinski definition) is 1. The van der Waals surface area contributed by atoms with Gasteiger partial charge >= 0.3 is 12.0 Å². The highest BCUT2D eigenvalue weighted by atomic mass is 16.5. The topological polar surface area (TPSA) is 79.3 Å². The summed E-state index contributed by atoms with van der Waals surface area (Å²) >= 11 is 0. The molecule has 1 unspecified atom stereocenters. The number of amides is 2. The molecule has 0 radical (unpaired) electrons. The second-order valence-corrected chi connectivity index (χ2v) is 4.64. The summed E-state index contributed by atoms with van der Waals surface area (Å²) in [5.74, 6) is -0.523. The molecular weight excluding hydrogens is 276 g/mol. The summed E-state index contributed by atoms with van der Waals surface area (Å²) in [6.45, 7) is 0.575. The largest absolute Gasteiger partial charge is 0.495 e. The average Bonchev–Trinajstić information content (AvgIpc) is 2.53. The summed E-state index contributed by atoms with van der Waals surface area (Å²) in [4.78, 5) is 26.5. The number of carbonyl (C=O) groups is 2. The number of hydrogen-bond acceptors (Lipinski definition) is 4. The highest BCUT2D eigenvalue weighted by Crippen LogP contribution is 2.27. The van der Waals surface area contributed by atoms with Gasteiger partial charge in [-0.15, -0.1) is 0 Å². The molecule has 1 saturated heterocycles. The number of benzene rings is 1. The Kier molecular flexibility index (Phi) is 4.64. The van der Waals surface area contributed by atoms with Gasteiger partial charge in [0.15, 0.2) is 6.04 Å². The van der Waals surface area contributed by atoms with Crippen molar-refractivity contribution in [2.75, 3.05) is 38.8 Å². The fourth-order valence-corrected chi connectivity index (χ4v) is 2.24. The number of carboxylic acid groups (broad SMARTS) is 1. The number of para-hydroxylation sites is 2. The lowest BCUT2D eigenvalue weighted by Crippen LogP contribution is -2.56. The van der Waals surface area contributed by atoms with Crippen molar-refractivity contribution in [1.82, 2.24) is 4.90 Å². The van der Waals surface area contributed by atoms with E-state index in [9.17, 15) is 14.7 Å². The molecule has 114 valence electrons. The van der Waals surface area contributed by atoms with Gasteiger partial charge in [0.1, 0.15) is 5.75 Å². The lowest BCUT2D eigenvalue weighted by Gasteiger charge is -2.35. The third-order valence-corrected chi connectivity index (χ3v) is 3.39. The minimum Gasteiger partial charge on any atom is -0.495 e. The van der Waals surface area contributed by atoms with E-state index >= 15 is 0 Å². The molecule has 1 aliphatic rings. The third kappa shape index (κ3) is 3.08. The van der Waals surface area contributed by atoms with Crippen LogP contribution in [-0.2, 0) is 9.53 Å². The van der Waals surface area contributed by atoms with Crippen LogP contribution in [0.15, 0.2) is 24.3 Å². The van der Waals surface area contributed by atoms with Gasteiger partial charge < -0.3 is 19.5 Å². The van der Waals surface area contributed by atoms with Crippen LogP contribution in [0.4, 0.5) is 10.5 Å². The van der Waals surface area contributed by atoms with Crippen LogP contribution in [0.2, 0.25) is 0 Å². The molecule has 1 heterocycles. The van der Waals surface area contributed by atoms with E-state index in [1.165, 1.54) is 16.9 Å². The van der Waals surface area contributed by atoms with E-state index in [0.717, 1.165) is 0 Å². The van der Waals surface area contributed by atoms with E-state index in [1.807, 2.05) is 0 Å². The Labute approximate surface area is 122 Å². The number of urea groups is 1. The quantitative estimate of drug-likeness (QED) is 0.901. The molecule has 1 N–H and O–H groups in total. The molecule has 0 spiro atoms.